The molecule has 7 nitrogen and oxygen atoms in total. The molecule has 29 heavy (non-hydrogen) atoms. The maximum atomic E-state index is 13.0. The second-order valence-electron chi connectivity index (χ2n) is 6.98. The third-order valence-corrected chi connectivity index (χ3v) is 6.80. The fourth-order valence-electron chi connectivity index (χ4n) is 3.46. The van der Waals surface area contributed by atoms with Crippen molar-refractivity contribution in [2.24, 2.45) is 0 Å². The number of amides is 1. The number of rotatable bonds is 5. The van der Waals surface area contributed by atoms with E-state index < -0.39 is 10.0 Å². The molecule has 0 bridgehead atoms. The summed E-state index contributed by atoms with van der Waals surface area (Å²) in [6, 6.07) is 11.5. The molecule has 3 N–H and O–H groups in total. The standard InChI is InChI=1S/C21H24N4O3S/c1-13-10-20(22)24-15(3)19(13)12-23-21(26)18-11-14(2)25(16(18)4)29(27,28)17-8-6-5-7-9-17/h5-11H,12H2,1-4H3,(H2,22,24)(H,23,26). The quantitative estimate of drug-likeness (QED) is 0.670. The number of nitrogens with zero attached hydrogens (tertiary/aromatic N) is 2. The first-order chi connectivity index (χ1) is 13.6. The van der Waals surface area contributed by atoms with E-state index in [1.165, 1.54) is 16.1 Å². The number of anilines is 1. The van der Waals surface area contributed by atoms with E-state index in [0.717, 1.165) is 16.8 Å². The summed E-state index contributed by atoms with van der Waals surface area (Å²) in [6.45, 7) is 7.32. The van der Waals surface area contributed by atoms with Crippen molar-refractivity contribution in [1.29, 1.82) is 0 Å². The number of nitrogen functional groups attached to an aromatic ring is 1. The molecule has 0 atom stereocenters. The van der Waals surface area contributed by atoms with Gasteiger partial charge in [-0.3, -0.25) is 4.79 Å². The monoisotopic (exact) mass is 412 g/mol. The van der Waals surface area contributed by atoms with Gasteiger partial charge in [-0.05, 0) is 63.1 Å². The van der Waals surface area contributed by atoms with Gasteiger partial charge in [0.1, 0.15) is 5.82 Å². The van der Waals surface area contributed by atoms with E-state index in [1.54, 1.807) is 44.2 Å². The van der Waals surface area contributed by atoms with E-state index in [0.29, 0.717) is 22.8 Å². The Kier molecular flexibility index (Phi) is 5.48. The molecule has 1 amide bonds. The Morgan fingerprint density at radius 3 is 2.38 bits per heavy atom. The highest BCUT2D eigenvalue weighted by molar-refractivity contribution is 7.90. The Morgan fingerprint density at radius 2 is 1.76 bits per heavy atom. The van der Waals surface area contributed by atoms with Crippen molar-refractivity contribution in [3.8, 4) is 0 Å². The van der Waals surface area contributed by atoms with Crippen LogP contribution in [0.3, 0.4) is 0 Å². The molecule has 0 fully saturated rings. The largest absolute Gasteiger partial charge is 0.384 e. The van der Waals surface area contributed by atoms with E-state index in [2.05, 4.69) is 10.3 Å². The fourth-order valence-corrected chi connectivity index (χ4v) is 5.06. The van der Waals surface area contributed by atoms with Crippen LogP contribution in [-0.2, 0) is 16.6 Å². The van der Waals surface area contributed by atoms with Gasteiger partial charge in [0.2, 0.25) is 0 Å². The zero-order valence-electron chi connectivity index (χ0n) is 16.9. The van der Waals surface area contributed by atoms with Gasteiger partial charge in [-0.25, -0.2) is 17.4 Å². The van der Waals surface area contributed by atoms with Crippen molar-refractivity contribution in [1.82, 2.24) is 14.3 Å². The van der Waals surface area contributed by atoms with Gasteiger partial charge < -0.3 is 11.1 Å². The number of hydrogen-bond acceptors (Lipinski definition) is 5. The van der Waals surface area contributed by atoms with Crippen LogP contribution in [0, 0.1) is 27.7 Å². The predicted molar refractivity (Wildman–Crippen MR) is 112 cm³/mol. The number of benzene rings is 1. The molecule has 152 valence electrons. The molecule has 0 aliphatic heterocycles. The van der Waals surface area contributed by atoms with E-state index in [4.69, 9.17) is 5.73 Å². The number of pyridine rings is 1. The fraction of sp³-hybridized carbons (Fsp3) is 0.238. The van der Waals surface area contributed by atoms with Gasteiger partial charge >= 0.3 is 0 Å². The van der Waals surface area contributed by atoms with E-state index in [9.17, 15) is 13.2 Å². The van der Waals surface area contributed by atoms with Gasteiger partial charge in [0.15, 0.2) is 0 Å². The number of nitrogens with one attached hydrogen (secondary N) is 1. The summed E-state index contributed by atoms with van der Waals surface area (Å²) in [5.41, 5.74) is 9.48. The van der Waals surface area contributed by atoms with Crippen molar-refractivity contribution in [3.05, 3.63) is 76.2 Å². The Bertz CT molecular complexity index is 1160. The van der Waals surface area contributed by atoms with Crippen LogP contribution in [0.25, 0.3) is 0 Å². The summed E-state index contributed by atoms with van der Waals surface area (Å²) in [5, 5.41) is 2.86. The van der Waals surface area contributed by atoms with Crippen LogP contribution in [0.15, 0.2) is 47.4 Å². The van der Waals surface area contributed by atoms with Crippen LogP contribution in [0.4, 0.5) is 5.82 Å². The first-order valence-electron chi connectivity index (χ1n) is 9.13. The molecule has 2 aromatic heterocycles. The molecule has 0 saturated heterocycles. The van der Waals surface area contributed by atoms with Gasteiger partial charge in [-0.2, -0.15) is 0 Å². The number of hydrogen-bond donors (Lipinski definition) is 2. The third-order valence-electron chi connectivity index (χ3n) is 4.89. The minimum atomic E-state index is -3.79. The van der Waals surface area contributed by atoms with Crippen molar-refractivity contribution in [2.45, 2.75) is 39.1 Å². The summed E-state index contributed by atoms with van der Waals surface area (Å²) in [4.78, 5) is 17.2. The lowest BCUT2D eigenvalue weighted by atomic mass is 10.1. The first kappa shape index (κ1) is 20.6. The molecule has 0 saturated carbocycles. The maximum Gasteiger partial charge on any atom is 0.268 e. The Labute approximate surface area is 170 Å². The van der Waals surface area contributed by atoms with Crippen LogP contribution < -0.4 is 11.1 Å². The van der Waals surface area contributed by atoms with Crippen molar-refractivity contribution >= 4 is 21.7 Å². The molecule has 0 radical (unpaired) electrons. The minimum absolute atomic E-state index is 0.174. The summed E-state index contributed by atoms with van der Waals surface area (Å²) in [7, 11) is -3.79. The lowest BCUT2D eigenvalue weighted by Crippen LogP contribution is -2.25. The molecule has 3 rings (SSSR count). The van der Waals surface area contributed by atoms with Gasteiger partial charge in [0.05, 0.1) is 10.5 Å². The number of carbonyl (C=O) groups is 1. The zero-order chi connectivity index (χ0) is 21.3. The average molecular weight is 413 g/mol. The summed E-state index contributed by atoms with van der Waals surface area (Å²) >= 11 is 0. The van der Waals surface area contributed by atoms with E-state index in [1.807, 2.05) is 13.8 Å². The molecule has 0 spiro atoms. The second kappa shape index (κ2) is 7.71. The molecule has 1 aromatic carbocycles. The topological polar surface area (TPSA) is 107 Å². The van der Waals surface area contributed by atoms with Gasteiger partial charge in [0, 0.05) is 23.6 Å². The van der Waals surface area contributed by atoms with E-state index in [-0.39, 0.29) is 17.3 Å². The number of carbonyl (C=O) groups excluding carboxylic acids is 1. The van der Waals surface area contributed by atoms with Crippen LogP contribution in [0.5, 0.6) is 0 Å². The molecule has 0 aliphatic carbocycles. The minimum Gasteiger partial charge on any atom is -0.384 e. The average Bonchev–Trinajstić information content (AvgIpc) is 2.96. The third kappa shape index (κ3) is 3.88. The molecule has 8 heteroatoms. The lowest BCUT2D eigenvalue weighted by Gasteiger charge is -2.12. The van der Waals surface area contributed by atoms with Crippen molar-refractivity contribution in [2.75, 3.05) is 5.73 Å². The van der Waals surface area contributed by atoms with Gasteiger partial charge in [-0.15, -0.1) is 0 Å². The summed E-state index contributed by atoms with van der Waals surface area (Å²) < 4.78 is 27.3. The highest BCUT2D eigenvalue weighted by atomic mass is 32.2. The van der Waals surface area contributed by atoms with Crippen LogP contribution in [-0.4, -0.2) is 23.3 Å². The van der Waals surface area contributed by atoms with Gasteiger partial charge in [0.25, 0.3) is 15.9 Å². The normalized spacial score (nSPS) is 11.4. The van der Waals surface area contributed by atoms with Crippen LogP contribution in [0.2, 0.25) is 0 Å². The predicted octanol–water partition coefficient (Wildman–Crippen LogP) is 2.87. The highest BCUT2D eigenvalue weighted by Gasteiger charge is 2.25. The van der Waals surface area contributed by atoms with Gasteiger partial charge in [-0.1, -0.05) is 18.2 Å². The lowest BCUT2D eigenvalue weighted by molar-refractivity contribution is 0.0950. The van der Waals surface area contributed by atoms with Crippen LogP contribution in [0.1, 0.15) is 38.6 Å². The van der Waals surface area contributed by atoms with Crippen molar-refractivity contribution < 1.29 is 13.2 Å². The molecule has 0 aliphatic rings. The Morgan fingerprint density at radius 1 is 1.10 bits per heavy atom. The zero-order valence-corrected chi connectivity index (χ0v) is 17.7. The number of aromatic nitrogens is 2. The van der Waals surface area contributed by atoms with Crippen molar-refractivity contribution in [3.63, 3.8) is 0 Å². The smallest absolute Gasteiger partial charge is 0.268 e. The maximum absolute atomic E-state index is 13.0. The molecular formula is C21H24N4O3S. The number of aryl methyl sites for hydroxylation is 3. The Hall–Kier alpha value is -3.13. The Balaban J connectivity index is 1.90. The summed E-state index contributed by atoms with van der Waals surface area (Å²) in [5.74, 6) is 0.0907. The first-order valence-corrected chi connectivity index (χ1v) is 10.6. The van der Waals surface area contributed by atoms with E-state index >= 15 is 0 Å². The number of nitrogens with two attached hydrogens (primary N) is 1. The molecule has 0 unspecified atom stereocenters. The second-order valence-corrected chi connectivity index (χ2v) is 8.76. The SMILES string of the molecule is Cc1cc(N)nc(C)c1CNC(=O)c1cc(C)n(S(=O)(=O)c2ccccc2)c1C. The van der Waals surface area contributed by atoms with Crippen LogP contribution >= 0.6 is 0 Å². The molecule has 2 heterocycles. The highest BCUT2D eigenvalue weighted by Crippen LogP contribution is 2.23. The molecular weight excluding hydrogens is 388 g/mol. The summed E-state index contributed by atoms with van der Waals surface area (Å²) in [6.07, 6.45) is 0. The molecule has 3 aromatic rings.